The maximum Gasteiger partial charge on any atom is 0.240 e. The molecule has 10 rings (SSSR count). The Morgan fingerprint density at radius 2 is 1.09 bits per heavy atom. The molecule has 3 aliphatic carbocycles. The molecule has 3 heterocycles. The number of carbonyl (C=O) groups excluding carboxylic acids is 4. The van der Waals surface area contributed by atoms with Crippen molar-refractivity contribution >= 4 is 52.0 Å². The van der Waals surface area contributed by atoms with Crippen molar-refractivity contribution in [3.63, 3.8) is 0 Å². The van der Waals surface area contributed by atoms with Gasteiger partial charge in [0.15, 0.2) is 0 Å². The number of ether oxygens (including phenoxy) is 2. The van der Waals surface area contributed by atoms with Gasteiger partial charge in [0.25, 0.3) is 0 Å². The number of hydrogen-bond donors (Lipinski definition) is 0. The third-order valence-electron chi connectivity index (χ3n) is 10.7. The Labute approximate surface area is 270 Å². The van der Waals surface area contributed by atoms with Gasteiger partial charge in [-0.3, -0.25) is 19.2 Å². The second-order valence-corrected chi connectivity index (χ2v) is 12.6. The van der Waals surface area contributed by atoms with Crippen LogP contribution in [0.1, 0.15) is 5.56 Å². The highest BCUT2D eigenvalue weighted by Crippen LogP contribution is 2.71. The molecule has 0 aromatic heterocycles. The van der Waals surface area contributed by atoms with E-state index in [-0.39, 0.29) is 11.8 Å². The number of nitrogens with zero attached hydrogens (tertiary/aromatic N) is 3. The molecule has 0 N–H and O–H groups in total. The van der Waals surface area contributed by atoms with Gasteiger partial charge in [0, 0.05) is 35.0 Å². The Morgan fingerprint density at radius 3 is 1.64 bits per heavy atom. The van der Waals surface area contributed by atoms with Crippen molar-refractivity contribution < 1.29 is 28.7 Å². The third-order valence-corrected chi connectivity index (χ3v) is 10.7. The quantitative estimate of drug-likeness (QED) is 0.281. The maximum atomic E-state index is 15.0. The topological polar surface area (TPSA) is 96.5 Å². The van der Waals surface area contributed by atoms with E-state index in [4.69, 9.17) is 9.47 Å². The lowest BCUT2D eigenvalue weighted by molar-refractivity contribution is -0.138. The number of benzene rings is 4. The second kappa shape index (κ2) is 9.65. The van der Waals surface area contributed by atoms with Crippen LogP contribution in [0.15, 0.2) is 109 Å². The van der Waals surface area contributed by atoms with Gasteiger partial charge in [-0.1, -0.05) is 54.6 Å². The molecule has 9 nitrogen and oxygen atoms in total. The summed E-state index contributed by atoms with van der Waals surface area (Å²) in [4.78, 5) is 63.8. The van der Waals surface area contributed by atoms with Crippen molar-refractivity contribution in [2.75, 3.05) is 28.9 Å². The lowest BCUT2D eigenvalue weighted by Crippen LogP contribution is -2.68. The van der Waals surface area contributed by atoms with Crippen molar-refractivity contribution in [3.8, 4) is 11.5 Å². The fourth-order valence-corrected chi connectivity index (χ4v) is 9.11. The van der Waals surface area contributed by atoms with Crippen molar-refractivity contribution in [3.05, 3.63) is 115 Å². The molecular formula is C38H29N3O6. The number of anilines is 4. The Hall–Kier alpha value is -5.70. The molecule has 4 aromatic rings. The number of para-hydroxylation sites is 2. The maximum absolute atomic E-state index is 15.0. The first kappa shape index (κ1) is 27.6. The number of allylic oxidation sites excluding steroid dienone is 1. The minimum Gasteiger partial charge on any atom is -0.497 e. The Bertz CT molecular complexity index is 1980. The number of amides is 4. The van der Waals surface area contributed by atoms with Crippen molar-refractivity contribution in [2.24, 2.45) is 29.6 Å². The average molecular weight is 624 g/mol. The van der Waals surface area contributed by atoms with E-state index in [2.05, 4.69) is 4.90 Å². The molecule has 4 amide bonds. The molecular weight excluding hydrogens is 594 g/mol. The van der Waals surface area contributed by atoms with Crippen molar-refractivity contribution in [1.29, 1.82) is 0 Å². The summed E-state index contributed by atoms with van der Waals surface area (Å²) in [6.45, 7) is 0. The van der Waals surface area contributed by atoms with Crippen LogP contribution in [-0.2, 0) is 19.2 Å². The number of fused-ring (bicyclic) bond motifs is 1. The zero-order chi connectivity index (χ0) is 32.2. The highest BCUT2D eigenvalue weighted by Gasteiger charge is 2.80. The molecule has 1 spiro atoms. The lowest BCUT2D eigenvalue weighted by Gasteiger charge is -2.57. The normalized spacial score (nSPS) is 28.3. The standard InChI is InChI=1S/C38H29N3O6/c1-46-24-14-8-12-22(18-24)39-34(42)30-27-20-28-26-16-6-7-17-29(26)41(21-10-4-3-5-11-21)38(28,32(30)36(39)44)33-31(27)35(43)40(37(33)45)23-13-9-15-25(19-23)47-2/h3-20,27,30-33H,1-2H3. The van der Waals surface area contributed by atoms with Crippen molar-refractivity contribution in [1.82, 2.24) is 0 Å². The van der Waals surface area contributed by atoms with Gasteiger partial charge in [-0.05, 0) is 48.0 Å². The molecule has 2 saturated heterocycles. The van der Waals surface area contributed by atoms with Gasteiger partial charge in [0.1, 0.15) is 11.5 Å². The minimum absolute atomic E-state index is 0.379. The molecule has 6 aliphatic rings. The first-order valence-corrected chi connectivity index (χ1v) is 15.6. The van der Waals surface area contributed by atoms with Crippen LogP contribution < -0.4 is 24.2 Å². The highest BCUT2D eigenvalue weighted by atomic mass is 16.5. The van der Waals surface area contributed by atoms with E-state index < -0.39 is 46.9 Å². The first-order valence-electron chi connectivity index (χ1n) is 15.6. The van der Waals surface area contributed by atoms with Gasteiger partial charge in [0.2, 0.25) is 23.6 Å². The number of imide groups is 2. The van der Waals surface area contributed by atoms with E-state index in [0.717, 1.165) is 22.5 Å². The molecule has 47 heavy (non-hydrogen) atoms. The van der Waals surface area contributed by atoms with Gasteiger partial charge in [0.05, 0.1) is 54.8 Å². The van der Waals surface area contributed by atoms with Crippen LogP contribution in [0.5, 0.6) is 11.5 Å². The predicted octanol–water partition coefficient (Wildman–Crippen LogP) is 5.23. The van der Waals surface area contributed by atoms with E-state index in [1.807, 2.05) is 60.7 Å². The molecule has 2 bridgehead atoms. The van der Waals surface area contributed by atoms with E-state index >= 15 is 9.59 Å². The zero-order valence-electron chi connectivity index (χ0n) is 25.6. The summed E-state index contributed by atoms with van der Waals surface area (Å²) in [5.74, 6) is -4.81. The van der Waals surface area contributed by atoms with Crippen LogP contribution >= 0.6 is 0 Å². The third kappa shape index (κ3) is 3.33. The number of carbonyl (C=O) groups is 4. The predicted molar refractivity (Wildman–Crippen MR) is 174 cm³/mol. The molecule has 9 heteroatoms. The molecule has 1 saturated carbocycles. The van der Waals surface area contributed by atoms with E-state index in [1.165, 1.54) is 24.0 Å². The van der Waals surface area contributed by atoms with Gasteiger partial charge < -0.3 is 14.4 Å². The summed E-state index contributed by atoms with van der Waals surface area (Å²) in [6.07, 6.45) is 2.02. The van der Waals surface area contributed by atoms with Crippen LogP contribution in [0.4, 0.5) is 22.7 Å². The number of rotatable bonds is 5. The molecule has 0 radical (unpaired) electrons. The Kier molecular flexibility index (Phi) is 5.67. The minimum atomic E-state index is -1.35. The monoisotopic (exact) mass is 623 g/mol. The van der Waals surface area contributed by atoms with Crippen LogP contribution in [0.2, 0.25) is 0 Å². The summed E-state index contributed by atoms with van der Waals surface area (Å²) in [6, 6.07) is 31.2. The summed E-state index contributed by atoms with van der Waals surface area (Å²) < 4.78 is 10.9. The largest absolute Gasteiger partial charge is 0.497 e. The zero-order valence-corrected chi connectivity index (χ0v) is 25.6. The van der Waals surface area contributed by atoms with E-state index in [1.54, 1.807) is 48.5 Å². The molecule has 232 valence electrons. The van der Waals surface area contributed by atoms with Crippen LogP contribution in [-0.4, -0.2) is 43.4 Å². The summed E-state index contributed by atoms with van der Waals surface area (Å²) in [5.41, 5.74) is 2.73. The highest BCUT2D eigenvalue weighted by molar-refractivity contribution is 6.29. The van der Waals surface area contributed by atoms with Gasteiger partial charge in [-0.2, -0.15) is 0 Å². The van der Waals surface area contributed by atoms with Gasteiger partial charge >= 0.3 is 0 Å². The number of hydrogen-bond acceptors (Lipinski definition) is 7. The summed E-state index contributed by atoms with van der Waals surface area (Å²) in [7, 11) is 3.06. The molecule has 3 aliphatic heterocycles. The summed E-state index contributed by atoms with van der Waals surface area (Å²) in [5, 5.41) is 0. The van der Waals surface area contributed by atoms with E-state index in [0.29, 0.717) is 22.9 Å². The first-order chi connectivity index (χ1) is 22.9. The molecule has 4 atom stereocenters. The Balaban J connectivity index is 1.31. The molecule has 4 unspecified atom stereocenters. The molecule has 3 fully saturated rings. The van der Waals surface area contributed by atoms with Crippen molar-refractivity contribution in [2.45, 2.75) is 5.54 Å². The lowest BCUT2D eigenvalue weighted by atomic mass is 9.47. The second-order valence-electron chi connectivity index (χ2n) is 12.6. The Morgan fingerprint density at radius 1 is 0.574 bits per heavy atom. The van der Waals surface area contributed by atoms with Crippen LogP contribution in [0.3, 0.4) is 0 Å². The summed E-state index contributed by atoms with van der Waals surface area (Å²) >= 11 is 0. The SMILES string of the molecule is COc1cccc(N2C(=O)C3C4C=C5c6ccccc6N(c6ccccc6)C5(C3C2=O)C2C(=O)N(c3cccc(OC)c3)C(=O)C42)c1. The smallest absolute Gasteiger partial charge is 0.240 e. The van der Waals surface area contributed by atoms with E-state index in [9.17, 15) is 9.59 Å². The van der Waals surface area contributed by atoms with Gasteiger partial charge in [-0.15, -0.1) is 0 Å². The average Bonchev–Trinajstić information content (AvgIpc) is 3.68. The fraction of sp³-hybridized carbons (Fsp3) is 0.211. The van der Waals surface area contributed by atoms with Crippen LogP contribution in [0.25, 0.3) is 5.57 Å². The van der Waals surface area contributed by atoms with Gasteiger partial charge in [-0.25, -0.2) is 9.80 Å². The molecule has 4 aromatic carbocycles. The van der Waals surface area contributed by atoms with Crippen LogP contribution in [0, 0.1) is 29.6 Å². The fourth-order valence-electron chi connectivity index (χ4n) is 9.11. The number of methoxy groups -OCH3 is 2.